The minimum Gasteiger partial charge on any atom is -0.382 e. The average molecular weight is 467 g/mol. The van der Waals surface area contributed by atoms with E-state index in [1.54, 1.807) is 24.4 Å². The zero-order valence-electron chi connectivity index (χ0n) is 13.3. The summed E-state index contributed by atoms with van der Waals surface area (Å²) in [6, 6.07) is 6.93. The summed E-state index contributed by atoms with van der Waals surface area (Å²) in [7, 11) is 0. The second kappa shape index (κ2) is 6.78. The molecule has 0 radical (unpaired) electrons. The van der Waals surface area contributed by atoms with Crippen molar-refractivity contribution in [1.29, 1.82) is 0 Å². The molecular weight excluding hydrogens is 453 g/mol. The van der Waals surface area contributed by atoms with Crippen LogP contribution in [0.1, 0.15) is 11.9 Å². The number of amides is 1. The fraction of sp³-hybridized carbons (Fsp3) is 0.250. The molecule has 0 bridgehead atoms. The highest BCUT2D eigenvalue weighted by atomic mass is 127. The van der Waals surface area contributed by atoms with Crippen molar-refractivity contribution in [2.24, 2.45) is 0 Å². The maximum Gasteiger partial charge on any atom is 0.280 e. The predicted octanol–water partition coefficient (Wildman–Crippen LogP) is 0.716. The van der Waals surface area contributed by atoms with Gasteiger partial charge in [0.25, 0.3) is 11.5 Å². The summed E-state index contributed by atoms with van der Waals surface area (Å²) in [5.41, 5.74) is 0.0608. The Bertz CT molecular complexity index is 1020. The molecule has 1 aromatic carbocycles. The molecule has 1 fully saturated rings. The Morgan fingerprint density at radius 1 is 1.35 bits per heavy atom. The minimum atomic E-state index is -1.40. The van der Waals surface area contributed by atoms with Gasteiger partial charge in [-0.3, -0.25) is 19.6 Å². The lowest BCUT2D eigenvalue weighted by Crippen LogP contribution is -2.50. The number of nitrogens with zero attached hydrogens (tertiary/aromatic N) is 3. The highest BCUT2D eigenvalue weighted by molar-refractivity contribution is 14.1. The number of anilines is 1. The Balaban J connectivity index is 1.67. The third kappa shape index (κ3) is 2.99. The smallest absolute Gasteiger partial charge is 0.280 e. The average Bonchev–Trinajstić information content (AvgIpc) is 3.16. The first-order valence-electron chi connectivity index (χ1n) is 7.85. The van der Waals surface area contributed by atoms with Crippen LogP contribution in [0.5, 0.6) is 0 Å². The van der Waals surface area contributed by atoms with Gasteiger partial charge >= 0.3 is 0 Å². The number of halogens is 1. The van der Waals surface area contributed by atoms with E-state index in [0.29, 0.717) is 23.3 Å². The topological polar surface area (TPSA) is 124 Å². The zero-order chi connectivity index (χ0) is 18.3. The van der Waals surface area contributed by atoms with Gasteiger partial charge in [-0.25, -0.2) is 0 Å². The molecular formula is C16H14IN5O4. The van der Waals surface area contributed by atoms with E-state index in [-0.39, 0.29) is 12.4 Å². The number of benzene rings is 1. The van der Waals surface area contributed by atoms with Gasteiger partial charge in [0.2, 0.25) is 0 Å². The fourth-order valence-corrected chi connectivity index (χ4v) is 3.38. The van der Waals surface area contributed by atoms with Crippen LogP contribution in [0.25, 0.3) is 10.9 Å². The van der Waals surface area contributed by atoms with Crippen molar-refractivity contribution in [3.8, 4) is 0 Å². The van der Waals surface area contributed by atoms with E-state index in [9.17, 15) is 14.7 Å². The van der Waals surface area contributed by atoms with Crippen LogP contribution in [-0.4, -0.2) is 50.4 Å². The number of aliphatic hydroxyl groups is 1. The number of hydrogen-bond donors (Lipinski definition) is 3. The van der Waals surface area contributed by atoms with Crippen LogP contribution >= 0.6 is 22.6 Å². The summed E-state index contributed by atoms with van der Waals surface area (Å²) >= 11 is 2.10. The van der Waals surface area contributed by atoms with E-state index in [1.807, 2.05) is 6.07 Å². The van der Waals surface area contributed by atoms with E-state index in [1.165, 1.54) is 4.90 Å². The van der Waals surface area contributed by atoms with Gasteiger partial charge in [-0.15, -0.1) is 0 Å². The van der Waals surface area contributed by atoms with Gasteiger partial charge in [0.15, 0.2) is 11.9 Å². The number of nitrogens with one attached hydrogen (secondary N) is 2. The molecule has 0 spiro atoms. The van der Waals surface area contributed by atoms with Crippen LogP contribution in [0, 0.1) is 3.57 Å². The van der Waals surface area contributed by atoms with Crippen molar-refractivity contribution < 1.29 is 14.6 Å². The number of hydrogen-bond acceptors (Lipinski definition) is 6. The maximum absolute atomic E-state index is 12.7. The summed E-state index contributed by atoms with van der Waals surface area (Å²) < 4.78 is 6.36. The van der Waals surface area contributed by atoms with E-state index in [0.717, 1.165) is 3.57 Å². The summed E-state index contributed by atoms with van der Waals surface area (Å²) in [5, 5.41) is 17.7. The van der Waals surface area contributed by atoms with Crippen LogP contribution in [0.15, 0.2) is 35.3 Å². The molecule has 134 valence electrons. The molecule has 2 atom stereocenters. The molecule has 2 aromatic heterocycles. The molecule has 3 N–H and O–H groups in total. The van der Waals surface area contributed by atoms with Crippen molar-refractivity contribution in [3.05, 3.63) is 50.2 Å². The summed E-state index contributed by atoms with van der Waals surface area (Å²) in [6.07, 6.45) is -0.974. The molecule has 1 aliphatic rings. The lowest BCUT2D eigenvalue weighted by molar-refractivity contribution is -0.143. The van der Waals surface area contributed by atoms with Crippen LogP contribution in [0.4, 0.5) is 5.82 Å². The fourth-order valence-electron chi connectivity index (χ4n) is 2.88. The molecule has 1 saturated heterocycles. The summed E-state index contributed by atoms with van der Waals surface area (Å²) in [6.45, 7) is 0.559. The molecule has 0 unspecified atom stereocenters. The number of fused-ring (bicyclic) bond motifs is 1. The summed E-state index contributed by atoms with van der Waals surface area (Å²) in [5.74, 6) is -0.00261. The van der Waals surface area contributed by atoms with Gasteiger partial charge in [0.1, 0.15) is 11.9 Å². The molecule has 3 aromatic rings. The number of H-pyrrole nitrogens is 2. The van der Waals surface area contributed by atoms with Crippen LogP contribution in [0.2, 0.25) is 0 Å². The molecule has 1 amide bonds. The van der Waals surface area contributed by atoms with Gasteiger partial charge in [0.05, 0.1) is 24.1 Å². The van der Waals surface area contributed by atoms with E-state index in [4.69, 9.17) is 4.74 Å². The Hall–Kier alpha value is -2.31. The van der Waals surface area contributed by atoms with Gasteiger partial charge in [-0.05, 0) is 40.8 Å². The molecule has 10 heteroatoms. The number of aliphatic hydroxyl groups excluding tert-OH is 1. The SMILES string of the molecule is O=C1[C@@H]([C@@H](O)c2nc(=O)c3cc(I)ccc3[nH]2)OCCN1c1cc[nH]n1. The normalized spacial score (nSPS) is 19.1. The number of aromatic nitrogens is 4. The molecule has 0 saturated carbocycles. The second-order valence-electron chi connectivity index (χ2n) is 5.78. The molecule has 1 aliphatic heterocycles. The van der Waals surface area contributed by atoms with E-state index < -0.39 is 23.7 Å². The van der Waals surface area contributed by atoms with Gasteiger partial charge in [-0.2, -0.15) is 10.1 Å². The highest BCUT2D eigenvalue weighted by Gasteiger charge is 2.38. The maximum atomic E-state index is 12.7. The molecule has 3 heterocycles. The van der Waals surface area contributed by atoms with Crippen molar-refractivity contribution in [2.75, 3.05) is 18.1 Å². The lowest BCUT2D eigenvalue weighted by atomic mass is 10.1. The molecule has 0 aliphatic carbocycles. The number of aromatic amines is 2. The Morgan fingerprint density at radius 3 is 2.96 bits per heavy atom. The first kappa shape index (κ1) is 17.1. The monoisotopic (exact) mass is 467 g/mol. The molecule has 4 rings (SSSR count). The first-order chi connectivity index (χ1) is 12.5. The third-order valence-electron chi connectivity index (χ3n) is 4.15. The van der Waals surface area contributed by atoms with Crippen LogP contribution < -0.4 is 10.5 Å². The van der Waals surface area contributed by atoms with Gasteiger partial charge in [0, 0.05) is 15.8 Å². The number of carbonyl (C=O) groups excluding carboxylic acids is 1. The predicted molar refractivity (Wildman–Crippen MR) is 101 cm³/mol. The molecule has 9 nitrogen and oxygen atoms in total. The number of carbonyl (C=O) groups is 1. The van der Waals surface area contributed by atoms with Crippen LogP contribution in [0.3, 0.4) is 0 Å². The second-order valence-corrected chi connectivity index (χ2v) is 7.02. The van der Waals surface area contributed by atoms with Crippen molar-refractivity contribution in [1.82, 2.24) is 20.2 Å². The Kier molecular flexibility index (Phi) is 4.46. The standard InChI is InChI=1S/C16H14IN5O4/c17-8-1-2-10-9(7-8)15(24)20-14(19-10)12(23)13-16(25)22(5-6-26-13)11-3-4-18-21-11/h1-4,7,12-13,23H,5-6H2,(H,18,21)(H,19,20,24)/t12-,13-/m1/s1. The lowest BCUT2D eigenvalue weighted by Gasteiger charge is -2.32. The third-order valence-corrected chi connectivity index (χ3v) is 4.82. The van der Waals surface area contributed by atoms with Crippen molar-refractivity contribution >= 4 is 45.2 Å². The number of morpholine rings is 1. The number of rotatable bonds is 3. The highest BCUT2D eigenvalue weighted by Crippen LogP contribution is 2.24. The largest absolute Gasteiger partial charge is 0.382 e. The summed E-state index contributed by atoms with van der Waals surface area (Å²) in [4.78, 5) is 33.2. The Morgan fingerprint density at radius 2 is 2.19 bits per heavy atom. The molecule has 26 heavy (non-hydrogen) atoms. The van der Waals surface area contributed by atoms with Gasteiger partial charge < -0.3 is 14.8 Å². The number of ether oxygens (including phenoxy) is 1. The van der Waals surface area contributed by atoms with Crippen molar-refractivity contribution in [3.63, 3.8) is 0 Å². The minimum absolute atomic E-state index is 0.00839. The van der Waals surface area contributed by atoms with Crippen LogP contribution in [-0.2, 0) is 9.53 Å². The van der Waals surface area contributed by atoms with Gasteiger partial charge in [-0.1, -0.05) is 0 Å². The quantitative estimate of drug-likeness (QED) is 0.488. The van der Waals surface area contributed by atoms with E-state index in [2.05, 4.69) is 42.8 Å². The zero-order valence-corrected chi connectivity index (χ0v) is 15.5. The van der Waals surface area contributed by atoms with E-state index >= 15 is 0 Å². The first-order valence-corrected chi connectivity index (χ1v) is 8.93. The Labute approximate surface area is 160 Å². The van der Waals surface area contributed by atoms with Crippen molar-refractivity contribution in [2.45, 2.75) is 12.2 Å².